The van der Waals surface area contributed by atoms with E-state index in [2.05, 4.69) is 15.3 Å². The lowest BCUT2D eigenvalue weighted by molar-refractivity contribution is 0.413. The first-order chi connectivity index (χ1) is 9.72. The third kappa shape index (κ3) is 2.31. The summed E-state index contributed by atoms with van der Waals surface area (Å²) in [6.07, 6.45) is 5.87. The Hall–Kier alpha value is -2.17. The van der Waals surface area contributed by atoms with Gasteiger partial charge in [-0.1, -0.05) is 0 Å². The number of aromatic nitrogens is 3. The summed E-state index contributed by atoms with van der Waals surface area (Å²) in [6, 6.07) is 1.96. The lowest BCUT2D eigenvalue weighted by Crippen LogP contribution is -2.04. The number of nitrogens with zero attached hydrogens (tertiary/aromatic N) is 3. The maximum atomic E-state index is 5.24. The Morgan fingerprint density at radius 1 is 1.25 bits per heavy atom. The van der Waals surface area contributed by atoms with E-state index in [1.807, 2.05) is 26.2 Å². The second kappa shape index (κ2) is 5.07. The largest absolute Gasteiger partial charge is 0.495 e. The molecule has 1 aliphatic rings. The van der Waals surface area contributed by atoms with Crippen LogP contribution < -0.4 is 10.1 Å². The molecule has 1 N–H and O–H groups in total. The molecule has 20 heavy (non-hydrogen) atoms. The molecule has 1 fully saturated rings. The molecule has 0 atom stereocenters. The van der Waals surface area contributed by atoms with Gasteiger partial charge in [-0.2, -0.15) is 0 Å². The molecule has 2 heterocycles. The van der Waals surface area contributed by atoms with Gasteiger partial charge in [0.15, 0.2) is 0 Å². The van der Waals surface area contributed by atoms with Gasteiger partial charge in [0, 0.05) is 30.3 Å². The summed E-state index contributed by atoms with van der Waals surface area (Å²) in [7, 11) is 3.53. The summed E-state index contributed by atoms with van der Waals surface area (Å²) in [4.78, 5) is 13.6. The molecule has 5 heteroatoms. The summed E-state index contributed by atoms with van der Waals surface area (Å²) in [6.45, 7) is 2.03. The van der Waals surface area contributed by atoms with Crippen molar-refractivity contribution in [3.8, 4) is 17.0 Å². The number of methoxy groups -OCH3 is 1. The van der Waals surface area contributed by atoms with E-state index in [0.717, 1.165) is 34.2 Å². The fourth-order valence-electron chi connectivity index (χ4n) is 2.24. The van der Waals surface area contributed by atoms with Crippen LogP contribution in [0.25, 0.3) is 11.3 Å². The highest BCUT2D eigenvalue weighted by molar-refractivity contribution is 5.68. The molecule has 0 amide bonds. The van der Waals surface area contributed by atoms with Crippen LogP contribution in [0, 0.1) is 6.92 Å². The van der Waals surface area contributed by atoms with E-state index < -0.39 is 0 Å². The predicted octanol–water partition coefficient (Wildman–Crippen LogP) is 2.77. The van der Waals surface area contributed by atoms with Crippen LogP contribution in [0.1, 0.15) is 30.1 Å². The predicted molar refractivity (Wildman–Crippen MR) is 78.1 cm³/mol. The van der Waals surface area contributed by atoms with Crippen molar-refractivity contribution in [2.45, 2.75) is 25.7 Å². The molecule has 1 aliphatic carbocycles. The zero-order valence-electron chi connectivity index (χ0n) is 12.0. The van der Waals surface area contributed by atoms with Crippen LogP contribution in [0.5, 0.6) is 5.75 Å². The zero-order valence-corrected chi connectivity index (χ0v) is 12.0. The van der Waals surface area contributed by atoms with Crippen LogP contribution in [0.15, 0.2) is 18.5 Å². The van der Waals surface area contributed by atoms with Gasteiger partial charge in [0.2, 0.25) is 0 Å². The maximum absolute atomic E-state index is 5.24. The standard InChI is InChI=1S/C15H18N4O/c1-9-13(11-6-12(20-3)8-17-7-11)18-15(10-4-5-10)19-14(9)16-2/h6-8,10H,4-5H2,1-3H3,(H,16,18,19). The normalized spacial score (nSPS) is 14.2. The van der Waals surface area contributed by atoms with Crippen molar-refractivity contribution in [1.82, 2.24) is 15.0 Å². The van der Waals surface area contributed by atoms with Gasteiger partial charge in [-0.25, -0.2) is 9.97 Å². The van der Waals surface area contributed by atoms with E-state index in [-0.39, 0.29) is 0 Å². The van der Waals surface area contributed by atoms with Gasteiger partial charge in [-0.3, -0.25) is 4.98 Å². The SMILES string of the molecule is CNc1nc(C2CC2)nc(-c2cncc(OC)c2)c1C. The lowest BCUT2D eigenvalue weighted by Gasteiger charge is -2.12. The summed E-state index contributed by atoms with van der Waals surface area (Å²) >= 11 is 0. The second-order valence-corrected chi connectivity index (χ2v) is 5.04. The van der Waals surface area contributed by atoms with Gasteiger partial charge in [0.1, 0.15) is 17.4 Å². The van der Waals surface area contributed by atoms with E-state index >= 15 is 0 Å². The Kier molecular flexibility index (Phi) is 3.26. The highest BCUT2D eigenvalue weighted by Crippen LogP contribution is 2.40. The highest BCUT2D eigenvalue weighted by Gasteiger charge is 2.28. The van der Waals surface area contributed by atoms with Crippen molar-refractivity contribution in [2.24, 2.45) is 0 Å². The van der Waals surface area contributed by atoms with Crippen molar-refractivity contribution < 1.29 is 4.74 Å². The first-order valence-electron chi connectivity index (χ1n) is 6.78. The molecule has 0 saturated heterocycles. The minimum Gasteiger partial charge on any atom is -0.495 e. The number of anilines is 1. The van der Waals surface area contributed by atoms with Gasteiger partial charge in [0.05, 0.1) is 19.0 Å². The first kappa shape index (κ1) is 12.8. The minimum atomic E-state index is 0.514. The first-order valence-corrected chi connectivity index (χ1v) is 6.78. The highest BCUT2D eigenvalue weighted by atomic mass is 16.5. The molecule has 0 bridgehead atoms. The van der Waals surface area contributed by atoms with Crippen molar-refractivity contribution in [2.75, 3.05) is 19.5 Å². The Morgan fingerprint density at radius 2 is 2.05 bits per heavy atom. The van der Waals surface area contributed by atoms with Crippen molar-refractivity contribution >= 4 is 5.82 Å². The molecule has 5 nitrogen and oxygen atoms in total. The van der Waals surface area contributed by atoms with Gasteiger partial charge >= 0.3 is 0 Å². The fourth-order valence-corrected chi connectivity index (χ4v) is 2.24. The number of nitrogens with one attached hydrogen (secondary N) is 1. The second-order valence-electron chi connectivity index (χ2n) is 5.04. The van der Waals surface area contributed by atoms with E-state index in [4.69, 9.17) is 9.72 Å². The summed E-state index contributed by atoms with van der Waals surface area (Å²) < 4.78 is 5.24. The summed E-state index contributed by atoms with van der Waals surface area (Å²) in [5, 5.41) is 3.15. The number of ether oxygens (including phenoxy) is 1. The molecule has 0 radical (unpaired) electrons. The Bertz CT molecular complexity index is 638. The molecular weight excluding hydrogens is 252 g/mol. The molecule has 1 saturated carbocycles. The zero-order chi connectivity index (χ0) is 14.1. The molecule has 0 unspecified atom stereocenters. The van der Waals surface area contributed by atoms with Crippen LogP contribution in [0.3, 0.4) is 0 Å². The van der Waals surface area contributed by atoms with Crippen LogP contribution >= 0.6 is 0 Å². The molecule has 0 aromatic carbocycles. The Balaban J connectivity index is 2.12. The van der Waals surface area contributed by atoms with E-state index in [0.29, 0.717) is 5.92 Å². The van der Waals surface area contributed by atoms with Crippen LogP contribution in [-0.2, 0) is 0 Å². The molecular formula is C15H18N4O. The van der Waals surface area contributed by atoms with Crippen molar-refractivity contribution in [1.29, 1.82) is 0 Å². The molecule has 3 rings (SSSR count). The molecule has 2 aromatic rings. The van der Waals surface area contributed by atoms with E-state index in [1.54, 1.807) is 13.3 Å². The molecule has 0 aliphatic heterocycles. The summed E-state index contributed by atoms with van der Waals surface area (Å²) in [5.74, 6) is 3.07. The smallest absolute Gasteiger partial charge is 0.137 e. The molecule has 2 aromatic heterocycles. The van der Waals surface area contributed by atoms with Gasteiger partial charge < -0.3 is 10.1 Å². The van der Waals surface area contributed by atoms with Crippen LogP contribution in [-0.4, -0.2) is 29.1 Å². The quantitative estimate of drug-likeness (QED) is 0.925. The summed E-state index contributed by atoms with van der Waals surface area (Å²) in [5.41, 5.74) is 2.92. The van der Waals surface area contributed by atoms with E-state index in [1.165, 1.54) is 12.8 Å². The van der Waals surface area contributed by atoms with Crippen molar-refractivity contribution in [3.63, 3.8) is 0 Å². The van der Waals surface area contributed by atoms with Gasteiger partial charge in [-0.15, -0.1) is 0 Å². The number of pyridine rings is 1. The fraction of sp³-hybridized carbons (Fsp3) is 0.400. The van der Waals surface area contributed by atoms with Gasteiger partial charge in [0.25, 0.3) is 0 Å². The average molecular weight is 270 g/mol. The van der Waals surface area contributed by atoms with Crippen molar-refractivity contribution in [3.05, 3.63) is 29.8 Å². The number of hydrogen-bond donors (Lipinski definition) is 1. The van der Waals surface area contributed by atoms with Crippen LogP contribution in [0.4, 0.5) is 5.82 Å². The lowest BCUT2D eigenvalue weighted by atomic mass is 10.1. The Labute approximate surface area is 118 Å². The Morgan fingerprint density at radius 3 is 2.70 bits per heavy atom. The number of rotatable bonds is 4. The number of hydrogen-bond acceptors (Lipinski definition) is 5. The van der Waals surface area contributed by atoms with Gasteiger partial charge in [-0.05, 0) is 25.8 Å². The average Bonchev–Trinajstić information content (AvgIpc) is 3.32. The van der Waals surface area contributed by atoms with Crippen LogP contribution in [0.2, 0.25) is 0 Å². The third-order valence-corrected chi connectivity index (χ3v) is 3.56. The maximum Gasteiger partial charge on any atom is 0.137 e. The third-order valence-electron chi connectivity index (χ3n) is 3.56. The minimum absolute atomic E-state index is 0.514. The molecule has 104 valence electrons. The molecule has 0 spiro atoms. The monoisotopic (exact) mass is 270 g/mol. The topological polar surface area (TPSA) is 59.9 Å². The van der Waals surface area contributed by atoms with E-state index in [9.17, 15) is 0 Å².